The van der Waals surface area contributed by atoms with Gasteiger partial charge in [-0.3, -0.25) is 9.48 Å². The highest BCUT2D eigenvalue weighted by Gasteiger charge is 2.39. The Bertz CT molecular complexity index is 1020. The third-order valence-electron chi connectivity index (χ3n) is 4.79. The molecule has 27 heavy (non-hydrogen) atoms. The Morgan fingerprint density at radius 3 is 2.89 bits per heavy atom. The molecule has 1 aliphatic carbocycles. The van der Waals surface area contributed by atoms with E-state index in [-0.39, 0.29) is 5.54 Å². The minimum Gasteiger partial charge on any atom is -0.442 e. The summed E-state index contributed by atoms with van der Waals surface area (Å²) in [5, 5.41) is 8.44. The van der Waals surface area contributed by atoms with Gasteiger partial charge < -0.3 is 20.2 Å². The number of furan rings is 1. The van der Waals surface area contributed by atoms with Crippen molar-refractivity contribution in [1.82, 2.24) is 19.7 Å². The topological polar surface area (TPSA) is 121 Å². The number of aryl methyl sites for hydroxylation is 1. The predicted molar refractivity (Wildman–Crippen MR) is 99.4 cm³/mol. The Morgan fingerprint density at radius 2 is 2.22 bits per heavy atom. The molecule has 0 unspecified atom stereocenters. The van der Waals surface area contributed by atoms with Crippen LogP contribution in [0, 0.1) is 6.92 Å². The first-order valence-corrected chi connectivity index (χ1v) is 8.82. The van der Waals surface area contributed by atoms with Crippen molar-refractivity contribution < 1.29 is 13.9 Å². The maximum Gasteiger partial charge on any atom is 0.253 e. The molecule has 3 aromatic heterocycles. The molecule has 0 bridgehead atoms. The van der Waals surface area contributed by atoms with Crippen LogP contribution in [0.3, 0.4) is 0 Å². The van der Waals surface area contributed by atoms with Gasteiger partial charge in [0.15, 0.2) is 5.82 Å². The van der Waals surface area contributed by atoms with Gasteiger partial charge in [-0.25, -0.2) is 4.98 Å². The summed E-state index contributed by atoms with van der Waals surface area (Å²) >= 11 is 0. The number of nitrogens with one attached hydrogen (secondary N) is 1. The van der Waals surface area contributed by atoms with Crippen molar-refractivity contribution in [3.8, 4) is 11.5 Å². The lowest BCUT2D eigenvalue weighted by atomic mass is 10.1. The van der Waals surface area contributed by atoms with E-state index in [9.17, 15) is 4.79 Å². The summed E-state index contributed by atoms with van der Waals surface area (Å²) in [4.78, 5) is 21.1. The average molecular weight is 370 g/mol. The quantitative estimate of drug-likeness (QED) is 0.653. The number of hydrogen-bond donors (Lipinski definition) is 2. The lowest BCUT2D eigenvalue weighted by Gasteiger charge is -2.14. The fourth-order valence-corrected chi connectivity index (χ4v) is 3.00. The minimum absolute atomic E-state index is 0.0452. The fraction of sp³-hybridized carbons (Fsp3) is 0.444. The Hall–Kier alpha value is -2.94. The van der Waals surface area contributed by atoms with E-state index in [1.807, 2.05) is 12.3 Å². The molecule has 0 saturated heterocycles. The summed E-state index contributed by atoms with van der Waals surface area (Å²) in [7, 11) is 1.65. The van der Waals surface area contributed by atoms with Gasteiger partial charge in [0, 0.05) is 18.8 Å². The van der Waals surface area contributed by atoms with Crippen LogP contribution in [-0.4, -0.2) is 44.9 Å². The van der Waals surface area contributed by atoms with Crippen LogP contribution in [0.15, 0.2) is 16.7 Å². The van der Waals surface area contributed by atoms with Gasteiger partial charge in [0.2, 0.25) is 5.71 Å². The Labute approximate surface area is 155 Å². The summed E-state index contributed by atoms with van der Waals surface area (Å²) in [5.74, 6) is 0.844. The van der Waals surface area contributed by atoms with Gasteiger partial charge in [0.25, 0.3) is 5.91 Å². The van der Waals surface area contributed by atoms with Gasteiger partial charge in [-0.05, 0) is 32.8 Å². The molecule has 9 nitrogen and oxygen atoms in total. The Kier molecular flexibility index (Phi) is 4.11. The highest BCUT2D eigenvalue weighted by atomic mass is 16.5. The number of nitrogens with zero attached hydrogens (tertiary/aromatic N) is 4. The third kappa shape index (κ3) is 3.25. The standard InChI is InChI=1S/C18H22N6O3/c1-10-12(14(19)25)13-16(22-18(2)5-6-18)20-15(21-17(13)27-10)11-4-7-24(23-11)8-9-26-3/h4,7H,5-6,8-9H2,1-3H3,(H2,19,25)(H,20,21,22). The number of nitrogens with two attached hydrogens (primary N) is 1. The van der Waals surface area contributed by atoms with Crippen molar-refractivity contribution in [3.05, 3.63) is 23.6 Å². The van der Waals surface area contributed by atoms with E-state index >= 15 is 0 Å². The van der Waals surface area contributed by atoms with Crippen LogP contribution < -0.4 is 11.1 Å². The number of fused-ring (bicyclic) bond motifs is 1. The maximum absolute atomic E-state index is 11.9. The normalized spacial score (nSPS) is 15.2. The van der Waals surface area contributed by atoms with Gasteiger partial charge >= 0.3 is 0 Å². The lowest BCUT2D eigenvalue weighted by molar-refractivity contribution is 0.1000. The molecule has 3 N–H and O–H groups in total. The number of carbonyl (C=O) groups is 1. The number of hydrogen-bond acceptors (Lipinski definition) is 7. The molecule has 1 aliphatic rings. The molecule has 4 rings (SSSR count). The highest BCUT2D eigenvalue weighted by Crippen LogP contribution is 2.40. The predicted octanol–water partition coefficient (Wildman–Crippen LogP) is 2.10. The summed E-state index contributed by atoms with van der Waals surface area (Å²) in [6, 6.07) is 1.84. The zero-order chi connectivity index (χ0) is 19.2. The maximum atomic E-state index is 11.9. The smallest absolute Gasteiger partial charge is 0.253 e. The first-order chi connectivity index (χ1) is 12.9. The average Bonchev–Trinajstić information content (AvgIpc) is 3.04. The van der Waals surface area contributed by atoms with Gasteiger partial charge in [0.05, 0.1) is 24.1 Å². The van der Waals surface area contributed by atoms with Crippen molar-refractivity contribution in [3.63, 3.8) is 0 Å². The van der Waals surface area contributed by atoms with Crippen LogP contribution in [0.25, 0.3) is 22.6 Å². The van der Waals surface area contributed by atoms with Crippen molar-refractivity contribution in [1.29, 1.82) is 0 Å². The first kappa shape index (κ1) is 17.5. The van der Waals surface area contributed by atoms with E-state index < -0.39 is 5.91 Å². The molecule has 1 fully saturated rings. The van der Waals surface area contributed by atoms with Crippen molar-refractivity contribution in [2.45, 2.75) is 38.8 Å². The molecule has 1 saturated carbocycles. The molecular formula is C18H22N6O3. The highest BCUT2D eigenvalue weighted by molar-refractivity contribution is 6.09. The van der Waals surface area contributed by atoms with E-state index in [1.54, 1.807) is 18.7 Å². The second kappa shape index (κ2) is 6.34. The number of primary amides is 1. The summed E-state index contributed by atoms with van der Waals surface area (Å²) in [5.41, 5.74) is 6.77. The van der Waals surface area contributed by atoms with Crippen LogP contribution in [0.5, 0.6) is 0 Å². The van der Waals surface area contributed by atoms with E-state index in [1.165, 1.54) is 0 Å². The molecule has 9 heteroatoms. The van der Waals surface area contributed by atoms with Gasteiger partial charge in [-0.2, -0.15) is 10.1 Å². The van der Waals surface area contributed by atoms with Gasteiger partial charge in [-0.1, -0.05) is 0 Å². The van der Waals surface area contributed by atoms with E-state index in [2.05, 4.69) is 27.3 Å². The van der Waals surface area contributed by atoms with Crippen LogP contribution >= 0.6 is 0 Å². The van der Waals surface area contributed by atoms with Crippen LogP contribution in [0.4, 0.5) is 5.82 Å². The summed E-state index contributed by atoms with van der Waals surface area (Å²) < 4.78 is 12.6. The van der Waals surface area contributed by atoms with Crippen molar-refractivity contribution in [2.24, 2.45) is 5.73 Å². The second-order valence-electron chi connectivity index (χ2n) is 7.12. The number of aromatic nitrogens is 4. The molecule has 142 valence electrons. The summed E-state index contributed by atoms with van der Waals surface area (Å²) in [6.45, 7) is 5.00. The molecular weight excluding hydrogens is 348 g/mol. The fourth-order valence-electron chi connectivity index (χ4n) is 3.00. The molecule has 0 atom stereocenters. The van der Waals surface area contributed by atoms with Crippen LogP contribution in [-0.2, 0) is 11.3 Å². The molecule has 3 heterocycles. The lowest BCUT2D eigenvalue weighted by Crippen LogP contribution is -2.19. The Morgan fingerprint density at radius 1 is 1.44 bits per heavy atom. The largest absolute Gasteiger partial charge is 0.442 e. The molecule has 0 radical (unpaired) electrons. The molecule has 1 amide bonds. The van der Waals surface area contributed by atoms with E-state index in [0.717, 1.165) is 12.8 Å². The van der Waals surface area contributed by atoms with Crippen LogP contribution in [0.2, 0.25) is 0 Å². The van der Waals surface area contributed by atoms with Crippen molar-refractivity contribution in [2.75, 3.05) is 19.0 Å². The monoisotopic (exact) mass is 370 g/mol. The number of carbonyl (C=O) groups excluding carboxylic acids is 1. The minimum atomic E-state index is -0.560. The summed E-state index contributed by atoms with van der Waals surface area (Å²) in [6.07, 6.45) is 3.91. The second-order valence-corrected chi connectivity index (χ2v) is 7.12. The Balaban J connectivity index is 1.83. The molecule has 0 aromatic carbocycles. The van der Waals surface area contributed by atoms with Crippen molar-refractivity contribution >= 4 is 22.8 Å². The first-order valence-electron chi connectivity index (χ1n) is 8.82. The molecule has 0 aliphatic heterocycles. The van der Waals surface area contributed by atoms with Gasteiger partial charge in [0.1, 0.15) is 17.3 Å². The van der Waals surface area contributed by atoms with E-state index in [0.29, 0.717) is 52.9 Å². The molecule has 3 aromatic rings. The zero-order valence-corrected chi connectivity index (χ0v) is 15.6. The molecule has 0 spiro atoms. The number of anilines is 1. The van der Waals surface area contributed by atoms with E-state index in [4.69, 9.17) is 14.9 Å². The SMILES string of the molecule is COCCn1ccc(-c2nc(NC3(C)CC3)c3c(C(N)=O)c(C)oc3n2)n1. The number of ether oxygens (including phenoxy) is 1. The third-order valence-corrected chi connectivity index (χ3v) is 4.79. The number of methoxy groups -OCH3 is 1. The number of rotatable bonds is 7. The number of amides is 1. The zero-order valence-electron chi connectivity index (χ0n) is 15.6. The van der Waals surface area contributed by atoms with Crippen LogP contribution in [0.1, 0.15) is 35.9 Å². The van der Waals surface area contributed by atoms with Gasteiger partial charge in [-0.15, -0.1) is 0 Å².